The van der Waals surface area contributed by atoms with Crippen LogP contribution in [0, 0.1) is 13.8 Å². The molecule has 4 heterocycles. The zero-order chi connectivity index (χ0) is 26.6. The summed E-state index contributed by atoms with van der Waals surface area (Å²) in [6.07, 6.45) is 0. The van der Waals surface area contributed by atoms with E-state index in [0.717, 1.165) is 26.5 Å². The normalized spacial score (nSPS) is 15.6. The minimum Gasteiger partial charge on any atom is -0.503 e. The highest BCUT2D eigenvalue weighted by atomic mass is 32.1. The molecule has 38 heavy (non-hydrogen) atoms. The summed E-state index contributed by atoms with van der Waals surface area (Å²) in [4.78, 5) is 39.4. The molecule has 190 valence electrons. The first kappa shape index (κ1) is 24.5. The van der Waals surface area contributed by atoms with Gasteiger partial charge in [-0.05, 0) is 43.0 Å². The number of rotatable bonds is 6. The molecule has 3 aromatic heterocycles. The molecule has 6 rings (SSSR count). The van der Waals surface area contributed by atoms with Crippen LogP contribution >= 0.6 is 34.0 Å². The Morgan fingerprint density at radius 2 is 1.84 bits per heavy atom. The Morgan fingerprint density at radius 3 is 2.55 bits per heavy atom. The predicted octanol–water partition coefficient (Wildman–Crippen LogP) is 6.89. The number of carbonyl (C=O) groups excluding carboxylic acids is 2. The Labute approximate surface area is 230 Å². The second-order valence-corrected chi connectivity index (χ2v) is 11.8. The third-order valence-electron chi connectivity index (χ3n) is 6.39. The minimum atomic E-state index is -0.805. The number of nitrogens with zero attached hydrogens (tertiary/aromatic N) is 3. The van der Waals surface area contributed by atoms with E-state index < -0.39 is 23.5 Å². The number of fused-ring (bicyclic) bond motifs is 1. The van der Waals surface area contributed by atoms with Gasteiger partial charge in [0.15, 0.2) is 10.9 Å². The second kappa shape index (κ2) is 9.46. The highest BCUT2D eigenvalue weighted by Crippen LogP contribution is 2.46. The van der Waals surface area contributed by atoms with Gasteiger partial charge in [-0.3, -0.25) is 14.5 Å². The number of anilines is 1. The summed E-state index contributed by atoms with van der Waals surface area (Å²) in [5.41, 5.74) is 3.13. The third-order valence-corrected chi connectivity index (χ3v) is 9.54. The molecule has 0 radical (unpaired) electrons. The summed E-state index contributed by atoms with van der Waals surface area (Å²) < 4.78 is 6.29. The largest absolute Gasteiger partial charge is 0.503 e. The van der Waals surface area contributed by atoms with Crippen LogP contribution in [-0.2, 0) is 4.79 Å². The number of thiophene rings is 1. The summed E-state index contributed by atoms with van der Waals surface area (Å²) in [6, 6.07) is 16.3. The number of hydrogen-bond donors (Lipinski definition) is 1. The molecule has 1 atom stereocenters. The number of carbonyl (C=O) groups is 2. The van der Waals surface area contributed by atoms with Crippen LogP contribution in [-0.4, -0.2) is 33.9 Å². The second-order valence-electron chi connectivity index (χ2n) is 8.77. The van der Waals surface area contributed by atoms with Crippen LogP contribution in [0.1, 0.15) is 31.8 Å². The van der Waals surface area contributed by atoms with Crippen molar-refractivity contribution < 1.29 is 19.4 Å². The van der Waals surface area contributed by atoms with Crippen LogP contribution in [0.15, 0.2) is 71.3 Å². The Kier molecular flexibility index (Phi) is 6.10. The van der Waals surface area contributed by atoms with E-state index in [1.54, 1.807) is 14.0 Å². The van der Waals surface area contributed by atoms with Gasteiger partial charge in [-0.15, -0.1) is 22.7 Å². The number of aliphatic hydroxyl groups excluding tert-OH is 1. The molecule has 1 aliphatic rings. The SMILES string of the molecule is COc1cc2sc(N3C(=O)C(O)=C(C(=O)c4sc(-c5ccccc5)nc4C)C3c3cccs3)nc2cc1C. The molecule has 0 fully saturated rings. The van der Waals surface area contributed by atoms with Crippen LogP contribution < -0.4 is 9.64 Å². The van der Waals surface area contributed by atoms with Gasteiger partial charge < -0.3 is 9.84 Å². The van der Waals surface area contributed by atoms with Crippen LogP contribution in [0.5, 0.6) is 5.75 Å². The quantitative estimate of drug-likeness (QED) is 0.228. The van der Waals surface area contributed by atoms with Gasteiger partial charge in [-0.1, -0.05) is 47.7 Å². The molecule has 1 N–H and O–H groups in total. The summed E-state index contributed by atoms with van der Waals surface area (Å²) >= 11 is 3.98. The molecule has 10 heteroatoms. The van der Waals surface area contributed by atoms with E-state index in [0.29, 0.717) is 26.2 Å². The fraction of sp³-hybridized carbons (Fsp3) is 0.143. The number of benzene rings is 2. The molecule has 5 aromatic rings. The third kappa shape index (κ3) is 3.92. The molecule has 1 amide bonds. The Hall–Kier alpha value is -3.86. The topological polar surface area (TPSA) is 92.6 Å². The highest BCUT2D eigenvalue weighted by Gasteiger charge is 2.47. The molecule has 0 bridgehead atoms. The van der Waals surface area contributed by atoms with Crippen LogP contribution in [0.4, 0.5) is 5.13 Å². The number of ketones is 1. The molecule has 0 spiro atoms. The van der Waals surface area contributed by atoms with Crippen LogP contribution in [0.25, 0.3) is 20.8 Å². The summed E-state index contributed by atoms with van der Waals surface area (Å²) in [5, 5.41) is 14.1. The molecule has 1 aliphatic heterocycles. The zero-order valence-electron chi connectivity index (χ0n) is 20.6. The van der Waals surface area contributed by atoms with Gasteiger partial charge >= 0.3 is 0 Å². The van der Waals surface area contributed by atoms with E-state index in [4.69, 9.17) is 9.72 Å². The number of hydrogen-bond acceptors (Lipinski definition) is 9. The first-order chi connectivity index (χ1) is 18.4. The van der Waals surface area contributed by atoms with Gasteiger partial charge in [0.2, 0.25) is 5.78 Å². The number of thiazole rings is 2. The molecule has 0 saturated carbocycles. The average molecular weight is 560 g/mol. The van der Waals surface area contributed by atoms with Crippen molar-refractivity contribution in [3.05, 3.63) is 92.3 Å². The Morgan fingerprint density at radius 1 is 1.05 bits per heavy atom. The highest BCUT2D eigenvalue weighted by molar-refractivity contribution is 7.22. The van der Waals surface area contributed by atoms with Gasteiger partial charge in [0, 0.05) is 10.4 Å². The number of aryl methyl sites for hydroxylation is 2. The smallest absolute Gasteiger partial charge is 0.296 e. The molecule has 0 saturated heterocycles. The van der Waals surface area contributed by atoms with Crippen molar-refractivity contribution >= 4 is 61.0 Å². The average Bonchev–Trinajstić information content (AvgIpc) is 3.70. The predicted molar refractivity (Wildman–Crippen MR) is 152 cm³/mol. The first-order valence-corrected chi connectivity index (χ1v) is 14.2. The lowest BCUT2D eigenvalue weighted by molar-refractivity contribution is -0.117. The maximum atomic E-state index is 14.0. The Bertz CT molecular complexity index is 1740. The molecular weight excluding hydrogens is 539 g/mol. The summed E-state index contributed by atoms with van der Waals surface area (Å²) in [5.74, 6) is -0.898. The van der Waals surface area contributed by atoms with Crippen molar-refractivity contribution in [2.75, 3.05) is 12.0 Å². The van der Waals surface area contributed by atoms with Gasteiger partial charge in [-0.2, -0.15) is 0 Å². The van der Waals surface area contributed by atoms with E-state index in [1.165, 1.54) is 38.9 Å². The van der Waals surface area contributed by atoms with Gasteiger partial charge in [-0.25, -0.2) is 9.97 Å². The molecule has 7 nitrogen and oxygen atoms in total. The fourth-order valence-electron chi connectivity index (χ4n) is 4.55. The first-order valence-electron chi connectivity index (χ1n) is 11.7. The van der Waals surface area contributed by atoms with Crippen molar-refractivity contribution in [2.45, 2.75) is 19.9 Å². The van der Waals surface area contributed by atoms with E-state index in [9.17, 15) is 14.7 Å². The number of Topliss-reactive ketones (excluding diaryl/α,β-unsaturated/α-hetero) is 1. The van der Waals surface area contributed by atoms with Gasteiger partial charge in [0.05, 0.1) is 33.5 Å². The van der Waals surface area contributed by atoms with Gasteiger partial charge in [0.25, 0.3) is 5.91 Å². The molecular formula is C28H21N3O4S3. The lowest BCUT2D eigenvalue weighted by Gasteiger charge is -2.22. The van der Waals surface area contributed by atoms with E-state index >= 15 is 0 Å². The van der Waals surface area contributed by atoms with Crippen LogP contribution in [0.3, 0.4) is 0 Å². The van der Waals surface area contributed by atoms with Gasteiger partial charge in [0.1, 0.15) is 16.8 Å². The Balaban J connectivity index is 1.45. The number of aromatic nitrogens is 2. The van der Waals surface area contributed by atoms with E-state index in [2.05, 4.69) is 4.98 Å². The van der Waals surface area contributed by atoms with Crippen molar-refractivity contribution in [2.24, 2.45) is 0 Å². The lowest BCUT2D eigenvalue weighted by atomic mass is 10.0. The fourth-order valence-corrected chi connectivity index (χ4v) is 7.41. The van der Waals surface area contributed by atoms with E-state index in [1.807, 2.05) is 66.9 Å². The monoisotopic (exact) mass is 559 g/mol. The minimum absolute atomic E-state index is 0.0387. The summed E-state index contributed by atoms with van der Waals surface area (Å²) in [7, 11) is 1.61. The van der Waals surface area contributed by atoms with Crippen molar-refractivity contribution in [3.63, 3.8) is 0 Å². The number of methoxy groups -OCH3 is 1. The maximum absolute atomic E-state index is 14.0. The molecule has 0 aliphatic carbocycles. The zero-order valence-corrected chi connectivity index (χ0v) is 23.0. The lowest BCUT2D eigenvalue weighted by Crippen LogP contribution is -2.30. The van der Waals surface area contributed by atoms with Crippen molar-refractivity contribution in [3.8, 4) is 16.3 Å². The maximum Gasteiger partial charge on any atom is 0.296 e. The van der Waals surface area contributed by atoms with Crippen molar-refractivity contribution in [1.82, 2.24) is 9.97 Å². The number of aliphatic hydroxyl groups is 1. The number of ether oxygens (including phenoxy) is 1. The van der Waals surface area contributed by atoms with Crippen molar-refractivity contribution in [1.29, 1.82) is 0 Å². The standard InChI is InChI=1S/C28H21N3O4S3/c1-14-12-17-20(13-18(14)35-3)37-28(30-17)31-22(19-10-7-11-36-19)21(24(33)27(31)34)23(32)25-15(2)29-26(38-25)16-8-5-4-6-9-16/h4-13,22,33H,1-3H3. The summed E-state index contributed by atoms with van der Waals surface area (Å²) in [6.45, 7) is 3.70. The molecule has 1 unspecified atom stereocenters. The van der Waals surface area contributed by atoms with Crippen LogP contribution in [0.2, 0.25) is 0 Å². The molecule has 2 aromatic carbocycles. The van der Waals surface area contributed by atoms with E-state index in [-0.39, 0.29) is 5.57 Å². The number of amides is 1.